The minimum atomic E-state index is 0.930. The zero-order valence-corrected chi connectivity index (χ0v) is 10.7. The van der Waals surface area contributed by atoms with Crippen molar-refractivity contribution < 1.29 is 0 Å². The number of nitrogens with zero attached hydrogens (tertiary/aromatic N) is 3. The van der Waals surface area contributed by atoms with E-state index in [1.165, 1.54) is 5.57 Å². The van der Waals surface area contributed by atoms with Gasteiger partial charge in [0.05, 0.1) is 11.9 Å². The van der Waals surface area contributed by atoms with Crippen LogP contribution in [0.2, 0.25) is 0 Å². The molecule has 1 heterocycles. The number of hydrogen-bond donors (Lipinski definition) is 0. The standard InChI is InChI=1S/C15H17N3/c1-3-5-9-13(4-2)15-12-18(17-16-15)14-10-7-6-8-11-14/h3,5-12H,4H2,1-2H3/b5-3-,13-9+. The minimum Gasteiger partial charge on any atom is -0.220 e. The van der Waals surface area contributed by atoms with Gasteiger partial charge >= 0.3 is 0 Å². The zero-order valence-electron chi connectivity index (χ0n) is 10.7. The van der Waals surface area contributed by atoms with Gasteiger partial charge in [-0.1, -0.05) is 48.6 Å². The van der Waals surface area contributed by atoms with Crippen molar-refractivity contribution in [1.82, 2.24) is 15.0 Å². The number of para-hydroxylation sites is 1. The van der Waals surface area contributed by atoms with E-state index in [1.807, 2.05) is 55.6 Å². The van der Waals surface area contributed by atoms with Crippen molar-refractivity contribution in [3.8, 4) is 5.69 Å². The summed E-state index contributed by atoms with van der Waals surface area (Å²) in [5, 5.41) is 8.39. The second-order valence-electron chi connectivity index (χ2n) is 3.96. The monoisotopic (exact) mass is 239 g/mol. The van der Waals surface area contributed by atoms with Crippen molar-refractivity contribution in [2.75, 3.05) is 0 Å². The summed E-state index contributed by atoms with van der Waals surface area (Å²) in [5.74, 6) is 0. The van der Waals surface area contributed by atoms with Crippen LogP contribution in [0.15, 0.2) is 54.8 Å². The van der Waals surface area contributed by atoms with Crippen LogP contribution < -0.4 is 0 Å². The van der Waals surface area contributed by atoms with E-state index in [9.17, 15) is 0 Å². The SMILES string of the molecule is C/C=C\C=C(/CC)c1cn(-c2ccccc2)nn1. The molecule has 0 amide bonds. The first kappa shape index (κ1) is 12.3. The smallest absolute Gasteiger partial charge is 0.109 e. The normalized spacial score (nSPS) is 12.2. The lowest BCUT2D eigenvalue weighted by molar-refractivity contribution is 0.802. The molecule has 0 N–H and O–H groups in total. The Balaban J connectivity index is 2.30. The van der Waals surface area contributed by atoms with Gasteiger partial charge in [-0.25, -0.2) is 4.68 Å². The van der Waals surface area contributed by atoms with Crippen LogP contribution in [0.4, 0.5) is 0 Å². The second kappa shape index (κ2) is 5.96. The maximum Gasteiger partial charge on any atom is 0.109 e. The molecule has 1 aromatic heterocycles. The highest BCUT2D eigenvalue weighted by Gasteiger charge is 2.05. The van der Waals surface area contributed by atoms with Crippen molar-refractivity contribution in [2.45, 2.75) is 20.3 Å². The van der Waals surface area contributed by atoms with Crippen molar-refractivity contribution in [3.63, 3.8) is 0 Å². The van der Waals surface area contributed by atoms with E-state index in [4.69, 9.17) is 0 Å². The lowest BCUT2D eigenvalue weighted by atomic mass is 10.1. The third-order valence-electron chi connectivity index (χ3n) is 2.71. The Morgan fingerprint density at radius 1 is 1.28 bits per heavy atom. The highest BCUT2D eigenvalue weighted by molar-refractivity contribution is 5.63. The van der Waals surface area contributed by atoms with Gasteiger partial charge in [0.1, 0.15) is 5.69 Å². The quantitative estimate of drug-likeness (QED) is 0.763. The van der Waals surface area contributed by atoms with Crippen LogP contribution in [0.1, 0.15) is 26.0 Å². The molecule has 0 aliphatic rings. The number of rotatable bonds is 4. The van der Waals surface area contributed by atoms with E-state index in [0.29, 0.717) is 0 Å². The van der Waals surface area contributed by atoms with Crippen molar-refractivity contribution in [3.05, 3.63) is 60.5 Å². The molecule has 2 aromatic rings. The lowest BCUT2D eigenvalue weighted by Gasteiger charge is -1.98. The average Bonchev–Trinajstić information content (AvgIpc) is 2.90. The summed E-state index contributed by atoms with van der Waals surface area (Å²) >= 11 is 0. The Bertz CT molecular complexity index is 550. The summed E-state index contributed by atoms with van der Waals surface area (Å²) in [5.41, 5.74) is 3.15. The van der Waals surface area contributed by atoms with E-state index < -0.39 is 0 Å². The summed E-state index contributed by atoms with van der Waals surface area (Å²) < 4.78 is 1.80. The molecule has 0 saturated carbocycles. The molecule has 3 nitrogen and oxygen atoms in total. The first-order valence-corrected chi connectivity index (χ1v) is 6.15. The summed E-state index contributed by atoms with van der Waals surface area (Å²) in [4.78, 5) is 0. The van der Waals surface area contributed by atoms with Crippen LogP contribution >= 0.6 is 0 Å². The maximum absolute atomic E-state index is 4.23. The fourth-order valence-electron chi connectivity index (χ4n) is 1.71. The van der Waals surface area contributed by atoms with Gasteiger partial charge in [0.25, 0.3) is 0 Å². The third-order valence-corrected chi connectivity index (χ3v) is 2.71. The number of hydrogen-bond acceptors (Lipinski definition) is 2. The van der Waals surface area contributed by atoms with Crippen LogP contribution in [0.3, 0.4) is 0 Å². The minimum absolute atomic E-state index is 0.930. The van der Waals surface area contributed by atoms with Crippen molar-refractivity contribution >= 4 is 5.57 Å². The van der Waals surface area contributed by atoms with E-state index in [0.717, 1.165) is 17.8 Å². The highest BCUT2D eigenvalue weighted by atomic mass is 15.4. The molecule has 0 radical (unpaired) electrons. The molecule has 0 fully saturated rings. The summed E-state index contributed by atoms with van der Waals surface area (Å²) in [6.07, 6.45) is 9.03. The van der Waals surface area contributed by atoms with Crippen LogP contribution in [0, 0.1) is 0 Å². The van der Waals surface area contributed by atoms with Gasteiger partial charge in [0.2, 0.25) is 0 Å². The number of benzene rings is 1. The first-order chi connectivity index (χ1) is 8.85. The fourth-order valence-corrected chi connectivity index (χ4v) is 1.71. The van der Waals surface area contributed by atoms with Gasteiger partial charge in [-0.15, -0.1) is 5.10 Å². The van der Waals surface area contributed by atoms with Gasteiger partial charge < -0.3 is 0 Å². The predicted octanol–water partition coefficient (Wildman–Crippen LogP) is 3.64. The molecule has 0 atom stereocenters. The summed E-state index contributed by atoms with van der Waals surface area (Å²) in [6, 6.07) is 10.0. The Hall–Kier alpha value is -2.16. The van der Waals surface area contributed by atoms with Crippen molar-refractivity contribution in [2.24, 2.45) is 0 Å². The van der Waals surface area contributed by atoms with Gasteiger partial charge in [0, 0.05) is 0 Å². The number of allylic oxidation sites excluding steroid dienone is 4. The molecule has 1 aromatic carbocycles. The van der Waals surface area contributed by atoms with E-state index in [-0.39, 0.29) is 0 Å². The summed E-state index contributed by atoms with van der Waals surface area (Å²) in [7, 11) is 0. The molecule has 0 aliphatic carbocycles. The Morgan fingerprint density at radius 2 is 2.06 bits per heavy atom. The predicted molar refractivity (Wildman–Crippen MR) is 74.4 cm³/mol. The molecular formula is C15H17N3. The first-order valence-electron chi connectivity index (χ1n) is 6.15. The largest absolute Gasteiger partial charge is 0.220 e. The zero-order chi connectivity index (χ0) is 12.8. The Morgan fingerprint density at radius 3 is 2.72 bits per heavy atom. The molecular weight excluding hydrogens is 222 g/mol. The maximum atomic E-state index is 4.23. The molecule has 0 spiro atoms. The Kier molecular flexibility index (Phi) is 4.07. The van der Waals surface area contributed by atoms with Gasteiger partial charge in [-0.2, -0.15) is 0 Å². The van der Waals surface area contributed by atoms with Crippen LogP contribution in [-0.4, -0.2) is 15.0 Å². The van der Waals surface area contributed by atoms with Gasteiger partial charge in [-0.05, 0) is 31.1 Å². The van der Waals surface area contributed by atoms with Gasteiger partial charge in [-0.3, -0.25) is 0 Å². The molecule has 0 bridgehead atoms. The van der Waals surface area contributed by atoms with Gasteiger partial charge in [0.15, 0.2) is 0 Å². The van der Waals surface area contributed by atoms with E-state index in [2.05, 4.69) is 23.3 Å². The topological polar surface area (TPSA) is 30.7 Å². The van der Waals surface area contributed by atoms with E-state index in [1.54, 1.807) is 4.68 Å². The number of aromatic nitrogens is 3. The summed E-state index contributed by atoms with van der Waals surface area (Å²) in [6.45, 7) is 4.13. The lowest BCUT2D eigenvalue weighted by Crippen LogP contribution is -1.93. The second-order valence-corrected chi connectivity index (χ2v) is 3.96. The van der Waals surface area contributed by atoms with E-state index >= 15 is 0 Å². The van der Waals surface area contributed by atoms with Crippen molar-refractivity contribution in [1.29, 1.82) is 0 Å². The molecule has 0 aliphatic heterocycles. The van der Waals surface area contributed by atoms with Crippen LogP contribution in [-0.2, 0) is 0 Å². The van der Waals surface area contributed by atoms with Crippen LogP contribution in [0.5, 0.6) is 0 Å². The molecule has 0 unspecified atom stereocenters. The molecule has 2 rings (SSSR count). The molecule has 18 heavy (non-hydrogen) atoms. The molecule has 0 saturated heterocycles. The third kappa shape index (κ3) is 2.74. The van der Waals surface area contributed by atoms with Crippen LogP contribution in [0.25, 0.3) is 11.3 Å². The average molecular weight is 239 g/mol. The Labute approximate surface area is 107 Å². The molecule has 92 valence electrons. The molecule has 3 heteroatoms. The fraction of sp³-hybridized carbons (Fsp3) is 0.200. The highest BCUT2D eigenvalue weighted by Crippen LogP contribution is 2.16.